The van der Waals surface area contributed by atoms with Crippen molar-refractivity contribution >= 4 is 5.91 Å². The molecule has 1 unspecified atom stereocenters. The van der Waals surface area contributed by atoms with Crippen molar-refractivity contribution in [2.75, 3.05) is 0 Å². The Balaban J connectivity index is 1.90. The molecule has 1 amide bonds. The second-order valence-corrected chi connectivity index (χ2v) is 3.75. The maximum atomic E-state index is 11.6. The average molecular weight is 235 g/mol. The molecule has 0 radical (unpaired) electrons. The molecule has 1 N–H and O–H groups in total. The number of hydrogen-bond donors (Lipinski definition) is 1. The lowest BCUT2D eigenvalue weighted by molar-refractivity contribution is -0.122. The number of tetrazole rings is 1. The number of carbonyl (C=O) groups excluding carboxylic acids is 1. The van der Waals surface area contributed by atoms with Crippen LogP contribution in [0.1, 0.15) is 24.5 Å². The van der Waals surface area contributed by atoms with Crippen LogP contribution >= 0.6 is 0 Å². The van der Waals surface area contributed by atoms with Gasteiger partial charge in [-0.2, -0.15) is 0 Å². The summed E-state index contributed by atoms with van der Waals surface area (Å²) in [4.78, 5) is 11.6. The van der Waals surface area contributed by atoms with E-state index < -0.39 is 0 Å². The van der Waals surface area contributed by atoms with Crippen LogP contribution in [-0.2, 0) is 11.3 Å². The Morgan fingerprint density at radius 1 is 1.59 bits per heavy atom. The zero-order valence-electron chi connectivity index (χ0n) is 9.62. The first kappa shape index (κ1) is 11.3. The molecule has 90 valence electrons. The fraction of sp³-hybridized carbons (Fsp3) is 0.400. The molecule has 0 aliphatic heterocycles. The summed E-state index contributed by atoms with van der Waals surface area (Å²) in [5.41, 5.74) is 0. The van der Waals surface area contributed by atoms with E-state index in [9.17, 15) is 4.79 Å². The van der Waals surface area contributed by atoms with Gasteiger partial charge in [-0.15, -0.1) is 5.10 Å². The Bertz CT molecular complexity index is 491. The summed E-state index contributed by atoms with van der Waals surface area (Å²) in [7, 11) is 0. The van der Waals surface area contributed by atoms with Crippen LogP contribution in [0.15, 0.2) is 22.9 Å². The van der Waals surface area contributed by atoms with E-state index in [1.165, 1.54) is 11.0 Å². The summed E-state index contributed by atoms with van der Waals surface area (Å²) in [6.07, 6.45) is 1.39. The van der Waals surface area contributed by atoms with Gasteiger partial charge in [0.15, 0.2) is 0 Å². The van der Waals surface area contributed by atoms with E-state index in [1.54, 1.807) is 0 Å². The van der Waals surface area contributed by atoms with Crippen LogP contribution in [-0.4, -0.2) is 26.1 Å². The highest BCUT2D eigenvalue weighted by Gasteiger charge is 2.13. The molecule has 0 bridgehead atoms. The summed E-state index contributed by atoms with van der Waals surface area (Å²) in [6, 6.07) is 3.53. The first-order chi connectivity index (χ1) is 8.15. The van der Waals surface area contributed by atoms with E-state index in [4.69, 9.17) is 4.42 Å². The van der Waals surface area contributed by atoms with E-state index >= 15 is 0 Å². The molecule has 0 aliphatic rings. The zero-order chi connectivity index (χ0) is 12.3. The number of carbonyl (C=O) groups is 1. The lowest BCUT2D eigenvalue weighted by Crippen LogP contribution is -2.30. The highest BCUT2D eigenvalue weighted by Crippen LogP contribution is 2.15. The van der Waals surface area contributed by atoms with Gasteiger partial charge in [0.05, 0.1) is 6.04 Å². The van der Waals surface area contributed by atoms with Gasteiger partial charge < -0.3 is 9.73 Å². The van der Waals surface area contributed by atoms with E-state index in [0.29, 0.717) is 0 Å². The molecule has 0 aromatic carbocycles. The number of amides is 1. The molecule has 0 fully saturated rings. The Kier molecular flexibility index (Phi) is 3.17. The quantitative estimate of drug-likeness (QED) is 0.831. The van der Waals surface area contributed by atoms with Crippen LogP contribution < -0.4 is 5.32 Å². The molecule has 1 atom stereocenters. The lowest BCUT2D eigenvalue weighted by atomic mass is 10.2. The Morgan fingerprint density at radius 3 is 3.00 bits per heavy atom. The van der Waals surface area contributed by atoms with Crippen molar-refractivity contribution in [3.05, 3.63) is 30.0 Å². The number of rotatable bonds is 4. The van der Waals surface area contributed by atoms with Crippen molar-refractivity contribution in [3.8, 4) is 0 Å². The SMILES string of the molecule is Cc1ccc(C(C)NC(=O)Cn2cnnn2)o1. The summed E-state index contributed by atoms with van der Waals surface area (Å²) >= 11 is 0. The maximum absolute atomic E-state index is 11.6. The lowest BCUT2D eigenvalue weighted by Gasteiger charge is -2.10. The van der Waals surface area contributed by atoms with E-state index in [1.807, 2.05) is 26.0 Å². The largest absolute Gasteiger partial charge is 0.464 e. The fourth-order valence-corrected chi connectivity index (χ4v) is 1.44. The third-order valence-electron chi connectivity index (χ3n) is 2.26. The van der Waals surface area contributed by atoms with Crippen LogP contribution in [0.2, 0.25) is 0 Å². The first-order valence-corrected chi connectivity index (χ1v) is 5.21. The van der Waals surface area contributed by atoms with Crippen molar-refractivity contribution in [2.24, 2.45) is 0 Å². The van der Waals surface area contributed by atoms with Crippen molar-refractivity contribution < 1.29 is 9.21 Å². The second-order valence-electron chi connectivity index (χ2n) is 3.75. The predicted octanol–water partition coefficient (Wildman–Crippen LogP) is 0.452. The monoisotopic (exact) mass is 235 g/mol. The molecule has 2 aromatic heterocycles. The van der Waals surface area contributed by atoms with Gasteiger partial charge in [-0.25, -0.2) is 4.68 Å². The van der Waals surface area contributed by atoms with Gasteiger partial charge in [-0.1, -0.05) is 0 Å². The number of furan rings is 1. The molecule has 17 heavy (non-hydrogen) atoms. The van der Waals surface area contributed by atoms with Crippen molar-refractivity contribution in [3.63, 3.8) is 0 Å². The number of aryl methyl sites for hydroxylation is 1. The molecule has 7 heteroatoms. The minimum atomic E-state index is -0.173. The smallest absolute Gasteiger partial charge is 0.242 e. The van der Waals surface area contributed by atoms with Gasteiger partial charge in [-0.3, -0.25) is 4.79 Å². The molecule has 2 rings (SSSR count). The molecule has 2 heterocycles. The average Bonchev–Trinajstić information content (AvgIpc) is 2.89. The zero-order valence-corrected chi connectivity index (χ0v) is 9.62. The third-order valence-corrected chi connectivity index (χ3v) is 2.26. The Hall–Kier alpha value is -2.18. The first-order valence-electron chi connectivity index (χ1n) is 5.21. The number of nitrogens with one attached hydrogen (secondary N) is 1. The summed E-state index contributed by atoms with van der Waals surface area (Å²) in [5.74, 6) is 1.38. The summed E-state index contributed by atoms with van der Waals surface area (Å²) in [5, 5.41) is 13.3. The van der Waals surface area contributed by atoms with Gasteiger partial charge in [0.2, 0.25) is 5.91 Å². The standard InChI is InChI=1S/C10H13N5O2/c1-7-3-4-9(17-7)8(2)12-10(16)5-15-6-11-13-14-15/h3-4,6,8H,5H2,1-2H3,(H,12,16). The minimum Gasteiger partial charge on any atom is -0.464 e. The molecular formula is C10H13N5O2. The van der Waals surface area contributed by atoms with Crippen molar-refractivity contribution in [1.29, 1.82) is 0 Å². The van der Waals surface area contributed by atoms with Gasteiger partial charge >= 0.3 is 0 Å². The van der Waals surface area contributed by atoms with Crippen LogP contribution in [0.3, 0.4) is 0 Å². The van der Waals surface area contributed by atoms with E-state index in [0.717, 1.165) is 11.5 Å². The molecule has 0 spiro atoms. The maximum Gasteiger partial charge on any atom is 0.242 e. The molecular weight excluding hydrogens is 222 g/mol. The molecule has 0 saturated carbocycles. The van der Waals surface area contributed by atoms with Crippen molar-refractivity contribution in [2.45, 2.75) is 26.4 Å². The highest BCUT2D eigenvalue weighted by atomic mass is 16.3. The van der Waals surface area contributed by atoms with Crippen LogP contribution in [0.4, 0.5) is 0 Å². The van der Waals surface area contributed by atoms with Crippen LogP contribution in [0.25, 0.3) is 0 Å². The Morgan fingerprint density at radius 2 is 2.41 bits per heavy atom. The highest BCUT2D eigenvalue weighted by molar-refractivity contribution is 5.75. The fourth-order valence-electron chi connectivity index (χ4n) is 1.44. The molecule has 0 aliphatic carbocycles. The van der Waals surface area contributed by atoms with Gasteiger partial charge in [0.25, 0.3) is 0 Å². The van der Waals surface area contributed by atoms with Gasteiger partial charge in [0, 0.05) is 0 Å². The topological polar surface area (TPSA) is 85.8 Å². The predicted molar refractivity (Wildman–Crippen MR) is 57.8 cm³/mol. The molecule has 2 aromatic rings. The number of aromatic nitrogens is 4. The molecule has 7 nitrogen and oxygen atoms in total. The second kappa shape index (κ2) is 4.77. The summed E-state index contributed by atoms with van der Waals surface area (Å²) in [6.45, 7) is 3.81. The third kappa shape index (κ3) is 2.90. The van der Waals surface area contributed by atoms with Gasteiger partial charge in [-0.05, 0) is 36.4 Å². The normalized spacial score (nSPS) is 12.4. The van der Waals surface area contributed by atoms with E-state index in [2.05, 4.69) is 20.8 Å². The molecule has 0 saturated heterocycles. The van der Waals surface area contributed by atoms with E-state index in [-0.39, 0.29) is 18.5 Å². The van der Waals surface area contributed by atoms with Crippen LogP contribution in [0, 0.1) is 6.92 Å². The van der Waals surface area contributed by atoms with Crippen molar-refractivity contribution in [1.82, 2.24) is 25.5 Å². The minimum absolute atomic E-state index is 0.0943. The summed E-state index contributed by atoms with van der Waals surface area (Å²) < 4.78 is 6.78. The number of hydrogen-bond acceptors (Lipinski definition) is 5. The Labute approximate surface area is 97.8 Å². The van der Waals surface area contributed by atoms with Gasteiger partial charge in [0.1, 0.15) is 24.4 Å². The van der Waals surface area contributed by atoms with Crippen LogP contribution in [0.5, 0.6) is 0 Å². The number of nitrogens with zero attached hydrogens (tertiary/aromatic N) is 4.